The first-order chi connectivity index (χ1) is 10.8. The van der Waals surface area contributed by atoms with Gasteiger partial charge >= 0.3 is 0 Å². The molecule has 2 rings (SSSR count). The van der Waals surface area contributed by atoms with Crippen LogP contribution in [-0.2, 0) is 0 Å². The van der Waals surface area contributed by atoms with Crippen molar-refractivity contribution in [3.8, 4) is 0 Å². The van der Waals surface area contributed by atoms with Crippen LogP contribution in [0, 0.1) is 17.0 Å². The van der Waals surface area contributed by atoms with Crippen molar-refractivity contribution in [1.82, 2.24) is 0 Å². The SMILES string of the molecule is Cc1cccc(C(C)C)c1NC(=O)c1ccc(N)c([N+](=O)[O-])c1. The summed E-state index contributed by atoms with van der Waals surface area (Å²) in [4.78, 5) is 22.8. The second kappa shape index (κ2) is 6.48. The molecule has 2 aromatic rings. The van der Waals surface area contributed by atoms with Crippen LogP contribution in [0.4, 0.5) is 17.1 Å². The summed E-state index contributed by atoms with van der Waals surface area (Å²) in [5, 5.41) is 13.8. The molecule has 0 aromatic heterocycles. The number of amides is 1. The van der Waals surface area contributed by atoms with Crippen LogP contribution in [-0.4, -0.2) is 10.8 Å². The summed E-state index contributed by atoms with van der Waals surface area (Å²) in [5.74, 6) is -0.157. The zero-order valence-electron chi connectivity index (χ0n) is 13.3. The quantitative estimate of drug-likeness (QED) is 0.508. The smallest absolute Gasteiger partial charge is 0.292 e. The number of nitrogens with one attached hydrogen (secondary N) is 1. The minimum atomic E-state index is -0.598. The van der Waals surface area contributed by atoms with Crippen molar-refractivity contribution in [3.05, 3.63) is 63.2 Å². The van der Waals surface area contributed by atoms with E-state index in [4.69, 9.17) is 5.73 Å². The molecule has 3 N–H and O–H groups in total. The Hall–Kier alpha value is -2.89. The molecular formula is C17H19N3O3. The van der Waals surface area contributed by atoms with Crippen molar-refractivity contribution in [2.75, 3.05) is 11.1 Å². The molecule has 0 heterocycles. The van der Waals surface area contributed by atoms with Crippen molar-refractivity contribution in [3.63, 3.8) is 0 Å². The van der Waals surface area contributed by atoms with E-state index in [0.29, 0.717) is 0 Å². The summed E-state index contributed by atoms with van der Waals surface area (Å²) in [6.45, 7) is 5.99. The largest absolute Gasteiger partial charge is 0.393 e. The number of benzene rings is 2. The van der Waals surface area contributed by atoms with Gasteiger partial charge in [0, 0.05) is 17.3 Å². The van der Waals surface area contributed by atoms with Crippen molar-refractivity contribution in [2.45, 2.75) is 26.7 Å². The van der Waals surface area contributed by atoms with Gasteiger partial charge in [-0.3, -0.25) is 14.9 Å². The molecule has 6 heteroatoms. The number of carbonyl (C=O) groups excluding carboxylic acids is 1. The van der Waals surface area contributed by atoms with Crippen LogP contribution in [0.3, 0.4) is 0 Å². The molecule has 0 fully saturated rings. The number of hydrogen-bond acceptors (Lipinski definition) is 4. The number of nitro groups is 1. The van der Waals surface area contributed by atoms with Gasteiger partial charge in [-0.15, -0.1) is 0 Å². The predicted molar refractivity (Wildman–Crippen MR) is 90.7 cm³/mol. The lowest BCUT2D eigenvalue weighted by Crippen LogP contribution is -2.15. The Morgan fingerprint density at radius 2 is 1.96 bits per heavy atom. The summed E-state index contributed by atoms with van der Waals surface area (Å²) in [6, 6.07) is 9.84. The number of rotatable bonds is 4. The van der Waals surface area contributed by atoms with E-state index in [1.54, 1.807) is 0 Å². The van der Waals surface area contributed by atoms with E-state index in [2.05, 4.69) is 5.32 Å². The molecule has 120 valence electrons. The number of para-hydroxylation sites is 1. The molecule has 0 unspecified atom stereocenters. The third kappa shape index (κ3) is 3.48. The zero-order valence-corrected chi connectivity index (χ0v) is 13.3. The lowest BCUT2D eigenvalue weighted by Gasteiger charge is -2.16. The molecule has 0 aliphatic rings. The minimum Gasteiger partial charge on any atom is -0.393 e. The molecule has 2 aromatic carbocycles. The highest BCUT2D eigenvalue weighted by Gasteiger charge is 2.17. The second-order valence-electron chi connectivity index (χ2n) is 5.68. The van der Waals surface area contributed by atoms with Crippen LogP contribution in [0.15, 0.2) is 36.4 Å². The third-order valence-corrected chi connectivity index (χ3v) is 3.65. The highest BCUT2D eigenvalue weighted by Crippen LogP contribution is 2.28. The Morgan fingerprint density at radius 1 is 1.26 bits per heavy atom. The Morgan fingerprint density at radius 3 is 2.57 bits per heavy atom. The average molecular weight is 313 g/mol. The summed E-state index contributed by atoms with van der Waals surface area (Å²) >= 11 is 0. The first-order valence-electron chi connectivity index (χ1n) is 7.26. The lowest BCUT2D eigenvalue weighted by atomic mass is 9.98. The predicted octanol–water partition coefficient (Wildman–Crippen LogP) is 3.86. The fraction of sp³-hybridized carbons (Fsp3) is 0.235. The van der Waals surface area contributed by atoms with Gasteiger partial charge in [-0.25, -0.2) is 0 Å². The molecule has 0 atom stereocenters. The van der Waals surface area contributed by atoms with Crippen molar-refractivity contribution in [2.24, 2.45) is 0 Å². The van der Waals surface area contributed by atoms with Gasteiger partial charge in [0.05, 0.1) is 4.92 Å². The van der Waals surface area contributed by atoms with E-state index in [-0.39, 0.29) is 22.9 Å². The van der Waals surface area contributed by atoms with Gasteiger partial charge in [0.15, 0.2) is 0 Å². The van der Waals surface area contributed by atoms with Crippen LogP contribution in [0.25, 0.3) is 0 Å². The van der Waals surface area contributed by atoms with Crippen LogP contribution in [0.5, 0.6) is 0 Å². The Bertz CT molecular complexity index is 770. The Kier molecular flexibility index (Phi) is 4.64. The molecule has 0 saturated carbocycles. The molecule has 0 aliphatic heterocycles. The summed E-state index contributed by atoms with van der Waals surface area (Å²) in [6.07, 6.45) is 0. The molecule has 6 nitrogen and oxygen atoms in total. The van der Waals surface area contributed by atoms with Gasteiger partial charge in [-0.1, -0.05) is 32.0 Å². The number of carbonyl (C=O) groups is 1. The van der Waals surface area contributed by atoms with Crippen molar-refractivity contribution in [1.29, 1.82) is 0 Å². The van der Waals surface area contributed by atoms with E-state index in [0.717, 1.165) is 16.8 Å². The van der Waals surface area contributed by atoms with E-state index >= 15 is 0 Å². The third-order valence-electron chi connectivity index (χ3n) is 3.65. The van der Waals surface area contributed by atoms with E-state index < -0.39 is 10.8 Å². The normalized spacial score (nSPS) is 10.6. The maximum atomic E-state index is 12.5. The van der Waals surface area contributed by atoms with E-state index in [1.807, 2.05) is 39.0 Å². The fourth-order valence-corrected chi connectivity index (χ4v) is 2.37. The van der Waals surface area contributed by atoms with Gasteiger partial charge in [-0.05, 0) is 36.1 Å². The Balaban J connectivity index is 2.37. The first kappa shape index (κ1) is 16.5. The number of nitrogen functional groups attached to an aromatic ring is 1. The molecule has 0 bridgehead atoms. The molecule has 23 heavy (non-hydrogen) atoms. The van der Waals surface area contributed by atoms with Crippen LogP contribution < -0.4 is 11.1 Å². The van der Waals surface area contributed by atoms with Crippen LogP contribution in [0.1, 0.15) is 41.3 Å². The van der Waals surface area contributed by atoms with Crippen molar-refractivity contribution < 1.29 is 9.72 Å². The number of aryl methyl sites for hydroxylation is 1. The second-order valence-corrected chi connectivity index (χ2v) is 5.68. The maximum Gasteiger partial charge on any atom is 0.292 e. The molecule has 0 spiro atoms. The highest BCUT2D eigenvalue weighted by molar-refractivity contribution is 6.05. The molecule has 0 aliphatic carbocycles. The van der Waals surface area contributed by atoms with Crippen LogP contribution in [0.2, 0.25) is 0 Å². The zero-order chi connectivity index (χ0) is 17.1. The molecule has 0 saturated heterocycles. The molecule has 0 radical (unpaired) electrons. The van der Waals surface area contributed by atoms with E-state index in [9.17, 15) is 14.9 Å². The topological polar surface area (TPSA) is 98.3 Å². The van der Waals surface area contributed by atoms with E-state index in [1.165, 1.54) is 18.2 Å². The van der Waals surface area contributed by atoms with Gasteiger partial charge in [0.2, 0.25) is 0 Å². The standard InChI is InChI=1S/C17H19N3O3/c1-10(2)13-6-4-5-11(3)16(13)19-17(21)12-7-8-14(18)15(9-12)20(22)23/h4-10H,18H2,1-3H3,(H,19,21). The van der Waals surface area contributed by atoms with Crippen molar-refractivity contribution >= 4 is 23.0 Å². The number of anilines is 2. The Labute approximate surface area is 134 Å². The molecule has 1 amide bonds. The first-order valence-corrected chi connectivity index (χ1v) is 7.26. The van der Waals surface area contributed by atoms with Gasteiger partial charge in [-0.2, -0.15) is 0 Å². The number of nitro benzene ring substituents is 1. The number of hydrogen-bond donors (Lipinski definition) is 2. The monoisotopic (exact) mass is 313 g/mol. The summed E-state index contributed by atoms with van der Waals surface area (Å²) in [5.41, 5.74) is 8.22. The number of nitrogens with two attached hydrogens (primary N) is 1. The summed E-state index contributed by atoms with van der Waals surface area (Å²) < 4.78 is 0. The van der Waals surface area contributed by atoms with Crippen LogP contribution >= 0.6 is 0 Å². The fourth-order valence-electron chi connectivity index (χ4n) is 2.37. The maximum absolute atomic E-state index is 12.5. The highest BCUT2D eigenvalue weighted by atomic mass is 16.6. The lowest BCUT2D eigenvalue weighted by molar-refractivity contribution is -0.383. The van der Waals surface area contributed by atoms with Gasteiger partial charge in [0.1, 0.15) is 5.69 Å². The van der Waals surface area contributed by atoms with Gasteiger partial charge in [0.25, 0.3) is 11.6 Å². The average Bonchev–Trinajstić information content (AvgIpc) is 2.49. The molecular weight excluding hydrogens is 294 g/mol. The van der Waals surface area contributed by atoms with Gasteiger partial charge < -0.3 is 11.1 Å². The number of nitrogens with zero attached hydrogens (tertiary/aromatic N) is 1. The minimum absolute atomic E-state index is 0.0327. The summed E-state index contributed by atoms with van der Waals surface area (Å²) in [7, 11) is 0.